The molecule has 1 aromatic carbocycles. The molecule has 2 aromatic rings. The Balaban J connectivity index is 2.05. The van der Waals surface area contributed by atoms with Gasteiger partial charge in [0.25, 0.3) is 0 Å². The van der Waals surface area contributed by atoms with Gasteiger partial charge in [-0.2, -0.15) is 0 Å². The summed E-state index contributed by atoms with van der Waals surface area (Å²) in [4.78, 5) is 19.2. The predicted octanol–water partition coefficient (Wildman–Crippen LogP) is 4.39. The van der Waals surface area contributed by atoms with Gasteiger partial charge in [0.15, 0.2) is 0 Å². The van der Waals surface area contributed by atoms with E-state index in [9.17, 15) is 4.79 Å². The second kappa shape index (κ2) is 8.24. The third-order valence-electron chi connectivity index (χ3n) is 2.60. The van der Waals surface area contributed by atoms with Crippen LogP contribution in [0.1, 0.15) is 23.7 Å². The third-order valence-corrected chi connectivity index (χ3v) is 4.16. The first-order valence-electron chi connectivity index (χ1n) is 6.61. The summed E-state index contributed by atoms with van der Waals surface area (Å²) in [5.41, 5.74) is 0.0130. The highest BCUT2D eigenvalue weighted by molar-refractivity contribution is 8.00. The van der Waals surface area contributed by atoms with Gasteiger partial charge in [-0.25, -0.2) is 14.8 Å². The number of benzene rings is 1. The first-order valence-corrected chi connectivity index (χ1v) is 8.18. The Bertz CT molecular complexity index is 698. The maximum absolute atomic E-state index is 10.7. The van der Waals surface area contributed by atoms with Crippen molar-refractivity contribution in [3.63, 3.8) is 0 Å². The number of hydrogen-bond donors (Lipinski definition) is 2. The summed E-state index contributed by atoms with van der Waals surface area (Å²) in [5.74, 6) is -0.287. The molecule has 0 aliphatic heterocycles. The SMILES string of the molecule is CCCOc1cc(Cl)c(SNc2ncc(C(=O)O)cn2)cc1Cl. The molecule has 2 N–H and O–H groups in total. The summed E-state index contributed by atoms with van der Waals surface area (Å²) in [6, 6.07) is 3.33. The topological polar surface area (TPSA) is 84.3 Å². The second-order valence-corrected chi connectivity index (χ2v) is 6.03. The highest BCUT2D eigenvalue weighted by atomic mass is 35.5. The van der Waals surface area contributed by atoms with Crippen molar-refractivity contribution >= 4 is 47.1 Å². The van der Waals surface area contributed by atoms with Gasteiger partial charge in [0, 0.05) is 23.4 Å². The van der Waals surface area contributed by atoms with Gasteiger partial charge in [0.1, 0.15) is 5.75 Å². The van der Waals surface area contributed by atoms with E-state index in [0.717, 1.165) is 6.42 Å². The van der Waals surface area contributed by atoms with Crippen LogP contribution in [-0.4, -0.2) is 27.7 Å². The molecular weight excluding hydrogens is 361 g/mol. The molecule has 0 bridgehead atoms. The van der Waals surface area contributed by atoms with Gasteiger partial charge in [-0.05, 0) is 24.4 Å². The van der Waals surface area contributed by atoms with Gasteiger partial charge in [-0.3, -0.25) is 4.72 Å². The van der Waals surface area contributed by atoms with E-state index >= 15 is 0 Å². The maximum atomic E-state index is 10.7. The largest absolute Gasteiger partial charge is 0.492 e. The molecule has 122 valence electrons. The van der Waals surface area contributed by atoms with Gasteiger partial charge in [0.2, 0.25) is 5.95 Å². The van der Waals surface area contributed by atoms with Crippen molar-refractivity contribution in [2.45, 2.75) is 18.2 Å². The molecule has 0 spiro atoms. The van der Waals surface area contributed by atoms with Crippen LogP contribution in [0.2, 0.25) is 10.0 Å². The van der Waals surface area contributed by atoms with Crippen molar-refractivity contribution in [1.82, 2.24) is 9.97 Å². The molecule has 0 saturated carbocycles. The van der Waals surface area contributed by atoms with Gasteiger partial charge >= 0.3 is 5.97 Å². The van der Waals surface area contributed by atoms with Crippen LogP contribution in [0.4, 0.5) is 5.95 Å². The minimum Gasteiger partial charge on any atom is -0.492 e. The number of aromatic nitrogens is 2. The number of nitrogens with one attached hydrogen (secondary N) is 1. The zero-order valence-corrected chi connectivity index (χ0v) is 14.4. The molecule has 6 nitrogen and oxygen atoms in total. The summed E-state index contributed by atoms with van der Waals surface area (Å²) in [7, 11) is 0. The number of carboxylic acid groups (broad SMARTS) is 1. The fourth-order valence-corrected chi connectivity index (χ4v) is 2.70. The fraction of sp³-hybridized carbons (Fsp3) is 0.214. The Morgan fingerprint density at radius 2 is 2.00 bits per heavy atom. The van der Waals surface area contributed by atoms with Gasteiger partial charge in [-0.15, -0.1) is 0 Å². The molecule has 0 amide bonds. The Labute approximate surface area is 147 Å². The molecule has 23 heavy (non-hydrogen) atoms. The number of carbonyl (C=O) groups is 1. The van der Waals surface area contributed by atoms with Crippen molar-refractivity contribution in [2.75, 3.05) is 11.3 Å². The lowest BCUT2D eigenvalue weighted by Crippen LogP contribution is -2.01. The van der Waals surface area contributed by atoms with Crippen LogP contribution in [-0.2, 0) is 0 Å². The third kappa shape index (κ3) is 4.89. The number of halogens is 2. The number of ether oxygens (including phenoxy) is 1. The van der Waals surface area contributed by atoms with Crippen LogP contribution in [0, 0.1) is 0 Å². The quantitative estimate of drug-likeness (QED) is 0.696. The average Bonchev–Trinajstić information content (AvgIpc) is 2.54. The number of rotatable bonds is 7. The van der Waals surface area contributed by atoms with Gasteiger partial charge in [-0.1, -0.05) is 30.1 Å². The molecule has 0 radical (unpaired) electrons. The number of aromatic carboxylic acids is 1. The molecule has 2 rings (SSSR count). The van der Waals surface area contributed by atoms with Crippen LogP contribution in [0.3, 0.4) is 0 Å². The highest BCUT2D eigenvalue weighted by Gasteiger charge is 2.10. The number of carboxylic acids is 1. The second-order valence-electron chi connectivity index (χ2n) is 4.37. The van der Waals surface area contributed by atoms with E-state index in [4.69, 9.17) is 33.0 Å². The highest BCUT2D eigenvalue weighted by Crippen LogP contribution is 2.36. The van der Waals surface area contributed by atoms with E-state index in [1.165, 1.54) is 24.3 Å². The lowest BCUT2D eigenvalue weighted by molar-refractivity contribution is 0.0696. The molecule has 0 aliphatic rings. The molecule has 1 aromatic heterocycles. The van der Waals surface area contributed by atoms with Crippen molar-refractivity contribution in [3.8, 4) is 5.75 Å². The Morgan fingerprint density at radius 3 is 2.61 bits per heavy atom. The fourth-order valence-electron chi connectivity index (χ4n) is 1.50. The summed E-state index contributed by atoms with van der Waals surface area (Å²) in [5, 5.41) is 9.71. The predicted molar refractivity (Wildman–Crippen MR) is 90.7 cm³/mol. The molecule has 9 heteroatoms. The molecule has 0 aliphatic carbocycles. The zero-order valence-electron chi connectivity index (χ0n) is 12.0. The normalized spacial score (nSPS) is 10.4. The van der Waals surface area contributed by atoms with Crippen LogP contribution in [0.25, 0.3) is 0 Å². The summed E-state index contributed by atoms with van der Waals surface area (Å²) < 4.78 is 8.37. The molecular formula is C14H13Cl2N3O3S. The first kappa shape index (κ1) is 17.7. The Morgan fingerprint density at radius 1 is 1.30 bits per heavy atom. The van der Waals surface area contributed by atoms with E-state index in [0.29, 0.717) is 27.3 Å². The summed E-state index contributed by atoms with van der Waals surface area (Å²) in [6.45, 7) is 2.56. The molecule has 0 fully saturated rings. The van der Waals surface area contributed by atoms with Crippen molar-refractivity contribution in [2.24, 2.45) is 0 Å². The van der Waals surface area contributed by atoms with Crippen molar-refractivity contribution < 1.29 is 14.6 Å². The van der Waals surface area contributed by atoms with E-state index in [1.54, 1.807) is 12.1 Å². The van der Waals surface area contributed by atoms with Gasteiger partial charge < -0.3 is 9.84 Å². The molecule has 1 heterocycles. The number of nitrogens with zero attached hydrogens (tertiary/aromatic N) is 2. The van der Waals surface area contributed by atoms with Crippen LogP contribution in [0.5, 0.6) is 5.75 Å². The van der Waals surface area contributed by atoms with Gasteiger partial charge in [0.05, 0.1) is 22.2 Å². The standard InChI is InChI=1S/C14H13Cl2N3O3S/c1-2-3-22-11-4-10(16)12(5-9(11)15)23-19-14-17-6-8(7-18-14)13(20)21/h4-7H,2-3H2,1H3,(H,20,21)(H,17,18,19). The molecule has 0 unspecified atom stereocenters. The molecule has 0 atom stereocenters. The lowest BCUT2D eigenvalue weighted by atomic mass is 10.3. The smallest absolute Gasteiger partial charge is 0.338 e. The van der Waals surface area contributed by atoms with Crippen molar-refractivity contribution in [1.29, 1.82) is 0 Å². The van der Waals surface area contributed by atoms with E-state index in [2.05, 4.69) is 14.7 Å². The minimum absolute atomic E-state index is 0.0130. The first-order chi connectivity index (χ1) is 11.0. The van der Waals surface area contributed by atoms with Crippen LogP contribution < -0.4 is 9.46 Å². The van der Waals surface area contributed by atoms with E-state index < -0.39 is 5.97 Å². The van der Waals surface area contributed by atoms with Crippen LogP contribution in [0.15, 0.2) is 29.4 Å². The number of anilines is 1. The van der Waals surface area contributed by atoms with Crippen molar-refractivity contribution in [3.05, 3.63) is 40.1 Å². The zero-order chi connectivity index (χ0) is 16.8. The maximum Gasteiger partial charge on any atom is 0.338 e. The monoisotopic (exact) mass is 373 g/mol. The number of hydrogen-bond acceptors (Lipinski definition) is 6. The minimum atomic E-state index is -1.08. The summed E-state index contributed by atoms with van der Waals surface area (Å²) >= 11 is 13.5. The summed E-state index contributed by atoms with van der Waals surface area (Å²) in [6.07, 6.45) is 3.30. The van der Waals surface area contributed by atoms with Crippen LogP contribution >= 0.6 is 35.1 Å². The van der Waals surface area contributed by atoms with E-state index in [-0.39, 0.29) is 11.5 Å². The Kier molecular flexibility index (Phi) is 6.32. The Hall–Kier alpha value is -1.70. The lowest BCUT2D eigenvalue weighted by Gasteiger charge is -2.11. The van der Waals surface area contributed by atoms with E-state index in [1.807, 2.05) is 6.92 Å². The average molecular weight is 374 g/mol. The molecule has 0 saturated heterocycles.